The predicted octanol–water partition coefficient (Wildman–Crippen LogP) is 3.51. The number of Topliss-reactive ketones (excluding diaryl/α,β-unsaturated/α-hetero) is 1. The van der Waals surface area contributed by atoms with Crippen LogP contribution in [0.15, 0.2) is 30.5 Å². The summed E-state index contributed by atoms with van der Waals surface area (Å²) < 4.78 is 0. The predicted molar refractivity (Wildman–Crippen MR) is 94.7 cm³/mol. The second kappa shape index (κ2) is 7.11. The molecule has 0 spiro atoms. The minimum atomic E-state index is 0.248. The summed E-state index contributed by atoms with van der Waals surface area (Å²) in [5.74, 6) is 1.26. The van der Waals surface area contributed by atoms with Gasteiger partial charge in [0.15, 0.2) is 0 Å². The van der Waals surface area contributed by atoms with Crippen molar-refractivity contribution in [3.05, 3.63) is 41.6 Å². The summed E-state index contributed by atoms with van der Waals surface area (Å²) in [5.41, 5.74) is 2.70. The maximum Gasteiger partial charge on any atom is 0.131 e. The molecule has 0 radical (unpaired) electrons. The third kappa shape index (κ3) is 3.47. The van der Waals surface area contributed by atoms with Crippen LogP contribution in [-0.2, 0) is 4.79 Å². The zero-order valence-electron chi connectivity index (χ0n) is 14.3. The summed E-state index contributed by atoms with van der Waals surface area (Å²) in [5, 5.41) is 10.4. The molecule has 1 aliphatic rings. The number of aromatic nitrogens is 1. The monoisotopic (exact) mass is 321 g/mol. The molecule has 2 unspecified atom stereocenters. The summed E-state index contributed by atoms with van der Waals surface area (Å²) in [6.07, 6.45) is 3.50. The van der Waals surface area contributed by atoms with Crippen LogP contribution >= 0.6 is 0 Å². The molecule has 0 N–H and O–H groups in total. The van der Waals surface area contributed by atoms with Gasteiger partial charge in [0, 0.05) is 37.6 Å². The lowest BCUT2D eigenvalue weighted by molar-refractivity contribution is -0.117. The van der Waals surface area contributed by atoms with Crippen LogP contribution in [0.25, 0.3) is 10.9 Å². The molecule has 1 fully saturated rings. The standard InChI is InChI=1S/C20H23N3O/c1-14-10-17(13-23(12-14)9-7-15(2)24)18-6-5-16(11-21)20-19(18)4-3-8-22-20/h3-6,8,14,17H,7,9-10,12-13H2,1-2H3. The van der Waals surface area contributed by atoms with Crippen molar-refractivity contribution in [2.75, 3.05) is 19.6 Å². The lowest BCUT2D eigenvalue weighted by Crippen LogP contribution is -2.39. The minimum absolute atomic E-state index is 0.248. The van der Waals surface area contributed by atoms with Gasteiger partial charge in [0.05, 0.1) is 11.1 Å². The van der Waals surface area contributed by atoms with Gasteiger partial charge >= 0.3 is 0 Å². The van der Waals surface area contributed by atoms with Crippen LogP contribution < -0.4 is 0 Å². The van der Waals surface area contributed by atoms with Gasteiger partial charge in [-0.3, -0.25) is 9.78 Å². The van der Waals surface area contributed by atoms with Crippen molar-refractivity contribution in [1.29, 1.82) is 5.26 Å². The molecular formula is C20H23N3O. The number of carbonyl (C=O) groups is 1. The number of ketones is 1. The number of carbonyl (C=O) groups excluding carboxylic acids is 1. The molecule has 0 aliphatic carbocycles. The molecule has 1 aromatic heterocycles. The second-order valence-electron chi connectivity index (χ2n) is 6.96. The van der Waals surface area contributed by atoms with Crippen molar-refractivity contribution in [3.63, 3.8) is 0 Å². The first kappa shape index (κ1) is 16.6. The van der Waals surface area contributed by atoms with Crippen LogP contribution in [0.2, 0.25) is 0 Å². The van der Waals surface area contributed by atoms with Crippen molar-refractivity contribution in [1.82, 2.24) is 9.88 Å². The van der Waals surface area contributed by atoms with E-state index < -0.39 is 0 Å². The zero-order chi connectivity index (χ0) is 17.1. The molecule has 2 heterocycles. The molecule has 2 atom stereocenters. The molecule has 4 nitrogen and oxygen atoms in total. The highest BCUT2D eigenvalue weighted by molar-refractivity contribution is 5.87. The molecule has 0 amide bonds. The number of nitrogens with zero attached hydrogens (tertiary/aromatic N) is 3. The van der Waals surface area contributed by atoms with Crippen LogP contribution in [0.3, 0.4) is 0 Å². The van der Waals surface area contributed by atoms with Gasteiger partial charge in [-0.2, -0.15) is 5.26 Å². The molecule has 1 aromatic carbocycles. The number of fused-ring (bicyclic) bond motifs is 1. The van der Waals surface area contributed by atoms with Crippen molar-refractivity contribution in [2.45, 2.75) is 32.6 Å². The van der Waals surface area contributed by atoms with E-state index in [0.717, 1.165) is 37.0 Å². The van der Waals surface area contributed by atoms with E-state index in [0.29, 0.717) is 23.8 Å². The van der Waals surface area contributed by atoms with Crippen molar-refractivity contribution >= 4 is 16.7 Å². The van der Waals surface area contributed by atoms with Gasteiger partial charge in [-0.15, -0.1) is 0 Å². The third-order valence-corrected chi connectivity index (χ3v) is 4.88. The van der Waals surface area contributed by atoms with Crippen LogP contribution in [0.4, 0.5) is 0 Å². The summed E-state index contributed by atoms with van der Waals surface area (Å²) in [4.78, 5) is 18.1. The molecule has 124 valence electrons. The van der Waals surface area contributed by atoms with E-state index in [2.05, 4.69) is 35.0 Å². The average Bonchev–Trinajstić information content (AvgIpc) is 2.58. The Morgan fingerprint density at radius 1 is 1.38 bits per heavy atom. The maximum atomic E-state index is 11.3. The first-order chi connectivity index (χ1) is 11.6. The van der Waals surface area contributed by atoms with E-state index in [4.69, 9.17) is 0 Å². The van der Waals surface area contributed by atoms with Crippen LogP contribution in [0.1, 0.15) is 43.7 Å². The van der Waals surface area contributed by atoms with Crippen LogP contribution in [0.5, 0.6) is 0 Å². The number of hydrogen-bond acceptors (Lipinski definition) is 4. The summed E-state index contributed by atoms with van der Waals surface area (Å²) in [6, 6.07) is 10.2. The molecule has 1 aliphatic heterocycles. The highest BCUT2D eigenvalue weighted by atomic mass is 16.1. The topological polar surface area (TPSA) is 57.0 Å². The zero-order valence-corrected chi connectivity index (χ0v) is 14.3. The van der Waals surface area contributed by atoms with E-state index >= 15 is 0 Å². The summed E-state index contributed by atoms with van der Waals surface area (Å²) in [7, 11) is 0. The third-order valence-electron chi connectivity index (χ3n) is 4.88. The van der Waals surface area contributed by atoms with E-state index in [9.17, 15) is 10.1 Å². The molecule has 1 saturated heterocycles. The average molecular weight is 321 g/mol. The van der Waals surface area contributed by atoms with Crippen molar-refractivity contribution < 1.29 is 4.79 Å². The summed E-state index contributed by atoms with van der Waals surface area (Å²) >= 11 is 0. The van der Waals surface area contributed by atoms with E-state index in [1.807, 2.05) is 12.1 Å². The normalized spacial score (nSPS) is 21.5. The van der Waals surface area contributed by atoms with Crippen LogP contribution in [-0.4, -0.2) is 35.3 Å². The van der Waals surface area contributed by atoms with Gasteiger partial charge in [-0.25, -0.2) is 0 Å². The highest BCUT2D eigenvalue weighted by Crippen LogP contribution is 2.34. The minimum Gasteiger partial charge on any atom is -0.302 e. The Labute approximate surface area is 143 Å². The van der Waals surface area contributed by atoms with Crippen molar-refractivity contribution in [3.8, 4) is 6.07 Å². The van der Waals surface area contributed by atoms with Crippen molar-refractivity contribution in [2.24, 2.45) is 5.92 Å². The number of benzene rings is 1. The van der Waals surface area contributed by atoms with Crippen LogP contribution in [0, 0.1) is 17.2 Å². The Balaban J connectivity index is 1.92. The molecule has 0 saturated carbocycles. The fourth-order valence-electron chi connectivity index (χ4n) is 3.83. The SMILES string of the molecule is CC(=O)CCN1CC(C)CC(c2ccc(C#N)c3ncccc23)C1. The quantitative estimate of drug-likeness (QED) is 0.864. The van der Waals surface area contributed by atoms with Gasteiger partial charge in [0.1, 0.15) is 11.9 Å². The molecule has 24 heavy (non-hydrogen) atoms. The number of likely N-dealkylation sites (tertiary alicyclic amines) is 1. The first-order valence-electron chi connectivity index (χ1n) is 8.58. The Bertz CT molecular complexity index is 793. The van der Waals surface area contributed by atoms with Gasteiger partial charge in [-0.1, -0.05) is 19.1 Å². The smallest absolute Gasteiger partial charge is 0.131 e. The molecule has 2 aromatic rings. The first-order valence-corrected chi connectivity index (χ1v) is 8.58. The van der Waals surface area contributed by atoms with E-state index in [1.165, 1.54) is 5.56 Å². The van der Waals surface area contributed by atoms with E-state index in [-0.39, 0.29) is 5.78 Å². The molecule has 0 bridgehead atoms. The maximum absolute atomic E-state index is 11.3. The second-order valence-corrected chi connectivity index (χ2v) is 6.96. The largest absolute Gasteiger partial charge is 0.302 e. The Kier molecular flexibility index (Phi) is 4.92. The van der Waals surface area contributed by atoms with Gasteiger partial charge in [0.2, 0.25) is 0 Å². The number of pyridine rings is 1. The summed E-state index contributed by atoms with van der Waals surface area (Å²) in [6.45, 7) is 6.79. The molecular weight excluding hydrogens is 298 g/mol. The molecule has 3 rings (SSSR count). The Morgan fingerprint density at radius 2 is 2.21 bits per heavy atom. The number of hydrogen-bond donors (Lipinski definition) is 0. The highest BCUT2D eigenvalue weighted by Gasteiger charge is 2.27. The molecule has 4 heteroatoms. The number of piperidine rings is 1. The Morgan fingerprint density at radius 3 is 2.96 bits per heavy atom. The lowest BCUT2D eigenvalue weighted by Gasteiger charge is -2.37. The lowest BCUT2D eigenvalue weighted by atomic mass is 9.83. The van der Waals surface area contributed by atoms with E-state index in [1.54, 1.807) is 13.1 Å². The number of nitriles is 1. The van der Waals surface area contributed by atoms with Gasteiger partial charge in [-0.05, 0) is 42.9 Å². The number of rotatable bonds is 4. The van der Waals surface area contributed by atoms with Gasteiger partial charge < -0.3 is 4.90 Å². The Hall–Kier alpha value is -2.25. The fraction of sp³-hybridized carbons (Fsp3) is 0.450. The fourth-order valence-corrected chi connectivity index (χ4v) is 3.83. The van der Waals surface area contributed by atoms with Gasteiger partial charge in [0.25, 0.3) is 0 Å².